The summed E-state index contributed by atoms with van der Waals surface area (Å²) in [6.45, 7) is 11.2. The predicted molar refractivity (Wildman–Crippen MR) is 71.1 cm³/mol. The van der Waals surface area contributed by atoms with Crippen LogP contribution in [0.5, 0.6) is 0 Å². The van der Waals surface area contributed by atoms with Gasteiger partial charge >= 0.3 is 0 Å². The van der Waals surface area contributed by atoms with Crippen LogP contribution in [0.4, 0.5) is 0 Å². The number of hydrogen-bond acceptors (Lipinski definition) is 3. The van der Waals surface area contributed by atoms with E-state index in [9.17, 15) is 0 Å². The number of aryl methyl sites for hydroxylation is 2. The van der Waals surface area contributed by atoms with Gasteiger partial charge in [0.25, 0.3) is 0 Å². The van der Waals surface area contributed by atoms with Crippen LogP contribution in [-0.4, -0.2) is 19.6 Å². The minimum Gasteiger partial charge on any atom is -0.316 e. The Bertz CT molecular complexity index is 331. The molecule has 1 aliphatic heterocycles. The molecule has 0 aliphatic carbocycles. The molecule has 1 saturated heterocycles. The topological polar surface area (TPSA) is 24.1 Å². The molecule has 2 rings (SSSR count). The van der Waals surface area contributed by atoms with E-state index in [2.05, 4.69) is 37.5 Å². The highest BCUT2D eigenvalue weighted by Crippen LogP contribution is 2.24. The molecule has 0 saturated carbocycles. The molecular formula is C13H22N2S. The van der Waals surface area contributed by atoms with Crippen LogP contribution in [0.25, 0.3) is 0 Å². The monoisotopic (exact) mass is 238 g/mol. The molecule has 1 aliphatic rings. The smallest absolute Gasteiger partial charge is 0.0300 e. The summed E-state index contributed by atoms with van der Waals surface area (Å²) in [5, 5.41) is 7.03. The molecule has 0 radical (unpaired) electrons. The second kappa shape index (κ2) is 4.86. The Balaban J connectivity index is 1.79. The van der Waals surface area contributed by atoms with Gasteiger partial charge < -0.3 is 10.6 Å². The lowest BCUT2D eigenvalue weighted by Gasteiger charge is -2.22. The van der Waals surface area contributed by atoms with Crippen molar-refractivity contribution in [3.05, 3.63) is 21.4 Å². The number of rotatable bonds is 4. The van der Waals surface area contributed by atoms with Gasteiger partial charge in [-0.05, 0) is 43.9 Å². The average molecular weight is 238 g/mol. The van der Waals surface area contributed by atoms with Crippen molar-refractivity contribution in [3.63, 3.8) is 0 Å². The quantitative estimate of drug-likeness (QED) is 0.842. The standard InChI is InChI=1S/C13H22N2S/c1-10-6-12(16-11(10)2)7-15-9-13(3)4-5-14-8-13/h6,14-15H,4-5,7-9H2,1-3H3. The largest absolute Gasteiger partial charge is 0.316 e. The van der Waals surface area contributed by atoms with Gasteiger partial charge in [0.1, 0.15) is 0 Å². The maximum Gasteiger partial charge on any atom is 0.0300 e. The molecule has 0 bridgehead atoms. The molecule has 1 fully saturated rings. The van der Waals surface area contributed by atoms with E-state index >= 15 is 0 Å². The number of hydrogen-bond donors (Lipinski definition) is 2. The molecule has 0 aromatic carbocycles. The van der Waals surface area contributed by atoms with Gasteiger partial charge in [0.05, 0.1) is 0 Å². The van der Waals surface area contributed by atoms with Gasteiger partial charge in [-0.1, -0.05) is 6.92 Å². The molecule has 3 heteroatoms. The molecule has 16 heavy (non-hydrogen) atoms. The van der Waals surface area contributed by atoms with Crippen molar-refractivity contribution in [2.45, 2.75) is 33.7 Å². The first-order chi connectivity index (χ1) is 7.59. The van der Waals surface area contributed by atoms with Gasteiger partial charge in [0.15, 0.2) is 0 Å². The SMILES string of the molecule is Cc1cc(CNCC2(C)CCNC2)sc1C. The van der Waals surface area contributed by atoms with Gasteiger partial charge in [0, 0.05) is 29.4 Å². The second-order valence-corrected chi connectivity index (χ2v) is 6.63. The lowest BCUT2D eigenvalue weighted by Crippen LogP contribution is -2.33. The summed E-state index contributed by atoms with van der Waals surface area (Å²) >= 11 is 1.92. The van der Waals surface area contributed by atoms with Crippen LogP contribution < -0.4 is 10.6 Å². The normalized spacial score (nSPS) is 25.2. The van der Waals surface area contributed by atoms with Crippen molar-refractivity contribution >= 4 is 11.3 Å². The summed E-state index contributed by atoms with van der Waals surface area (Å²) in [4.78, 5) is 2.91. The third kappa shape index (κ3) is 2.84. The van der Waals surface area contributed by atoms with Crippen LogP contribution in [0.3, 0.4) is 0 Å². The van der Waals surface area contributed by atoms with Crippen LogP contribution >= 0.6 is 11.3 Å². The number of nitrogens with one attached hydrogen (secondary N) is 2. The van der Waals surface area contributed by atoms with Crippen LogP contribution in [0.1, 0.15) is 28.7 Å². The van der Waals surface area contributed by atoms with Crippen molar-refractivity contribution in [1.82, 2.24) is 10.6 Å². The van der Waals surface area contributed by atoms with E-state index in [0.29, 0.717) is 5.41 Å². The lowest BCUT2D eigenvalue weighted by atomic mass is 9.90. The molecule has 1 atom stereocenters. The second-order valence-electron chi connectivity index (χ2n) is 5.29. The highest BCUT2D eigenvalue weighted by molar-refractivity contribution is 7.12. The van der Waals surface area contributed by atoms with Crippen molar-refractivity contribution < 1.29 is 0 Å². The summed E-state index contributed by atoms with van der Waals surface area (Å²) in [6, 6.07) is 2.31. The van der Waals surface area contributed by atoms with Crippen LogP contribution in [0, 0.1) is 19.3 Å². The highest BCUT2D eigenvalue weighted by Gasteiger charge is 2.27. The third-order valence-electron chi connectivity index (χ3n) is 3.53. The molecule has 1 unspecified atom stereocenters. The summed E-state index contributed by atoms with van der Waals surface area (Å²) in [6.07, 6.45) is 1.29. The Kier molecular flexibility index (Phi) is 3.67. The maximum atomic E-state index is 3.60. The molecule has 0 amide bonds. The van der Waals surface area contributed by atoms with Gasteiger partial charge in [-0.25, -0.2) is 0 Å². The average Bonchev–Trinajstić information content (AvgIpc) is 2.76. The first-order valence-corrected chi connectivity index (χ1v) is 6.88. The minimum absolute atomic E-state index is 0.460. The Hall–Kier alpha value is -0.380. The summed E-state index contributed by atoms with van der Waals surface area (Å²) in [5.41, 5.74) is 1.89. The van der Waals surface area contributed by atoms with Gasteiger partial charge in [-0.2, -0.15) is 0 Å². The molecule has 90 valence electrons. The molecule has 2 N–H and O–H groups in total. The molecule has 0 spiro atoms. The molecule has 1 aromatic heterocycles. The van der Waals surface area contributed by atoms with E-state index in [-0.39, 0.29) is 0 Å². The van der Waals surface area contributed by atoms with Crippen molar-refractivity contribution in [3.8, 4) is 0 Å². The van der Waals surface area contributed by atoms with Crippen molar-refractivity contribution in [2.24, 2.45) is 5.41 Å². The molecular weight excluding hydrogens is 216 g/mol. The molecule has 2 heterocycles. The Labute approximate surface area is 102 Å². The summed E-state index contributed by atoms with van der Waals surface area (Å²) in [7, 11) is 0. The van der Waals surface area contributed by atoms with E-state index in [1.54, 1.807) is 0 Å². The first-order valence-electron chi connectivity index (χ1n) is 6.06. The lowest BCUT2D eigenvalue weighted by molar-refractivity contribution is 0.340. The zero-order valence-corrected chi connectivity index (χ0v) is 11.3. The molecule has 1 aromatic rings. The van der Waals surface area contributed by atoms with E-state index < -0.39 is 0 Å². The van der Waals surface area contributed by atoms with Crippen LogP contribution in [0.15, 0.2) is 6.07 Å². The Morgan fingerprint density at radius 2 is 2.31 bits per heavy atom. The van der Waals surface area contributed by atoms with Crippen molar-refractivity contribution in [2.75, 3.05) is 19.6 Å². The fourth-order valence-electron chi connectivity index (χ4n) is 2.24. The van der Waals surface area contributed by atoms with E-state index in [0.717, 1.165) is 19.6 Å². The van der Waals surface area contributed by atoms with E-state index in [1.807, 2.05) is 11.3 Å². The van der Waals surface area contributed by atoms with Crippen LogP contribution in [-0.2, 0) is 6.54 Å². The third-order valence-corrected chi connectivity index (χ3v) is 4.68. The zero-order valence-electron chi connectivity index (χ0n) is 10.5. The summed E-state index contributed by atoms with van der Waals surface area (Å²) in [5.74, 6) is 0. The number of thiophene rings is 1. The summed E-state index contributed by atoms with van der Waals surface area (Å²) < 4.78 is 0. The van der Waals surface area contributed by atoms with Gasteiger partial charge in [-0.3, -0.25) is 0 Å². The maximum absolute atomic E-state index is 3.60. The van der Waals surface area contributed by atoms with Gasteiger partial charge in [-0.15, -0.1) is 11.3 Å². The molecule has 2 nitrogen and oxygen atoms in total. The minimum atomic E-state index is 0.460. The van der Waals surface area contributed by atoms with Crippen LogP contribution in [0.2, 0.25) is 0 Å². The fraction of sp³-hybridized carbons (Fsp3) is 0.692. The zero-order chi connectivity index (χ0) is 11.6. The van der Waals surface area contributed by atoms with Gasteiger partial charge in [0.2, 0.25) is 0 Å². The Morgan fingerprint density at radius 3 is 2.88 bits per heavy atom. The van der Waals surface area contributed by atoms with E-state index in [1.165, 1.54) is 28.3 Å². The fourth-order valence-corrected chi connectivity index (χ4v) is 3.27. The Morgan fingerprint density at radius 1 is 1.50 bits per heavy atom. The van der Waals surface area contributed by atoms with E-state index in [4.69, 9.17) is 0 Å². The first kappa shape index (κ1) is 12.1. The highest BCUT2D eigenvalue weighted by atomic mass is 32.1. The predicted octanol–water partition coefficient (Wildman–Crippen LogP) is 2.45. The van der Waals surface area contributed by atoms with Crippen molar-refractivity contribution in [1.29, 1.82) is 0 Å².